The SMILES string of the molecule is NC(=O)[N+]12C=CN=C1c1cccc(Cl)c1-n1cncc1C2. The molecule has 1 aromatic heterocycles. The minimum atomic E-state index is -0.483. The van der Waals surface area contributed by atoms with Crippen molar-refractivity contribution in [2.24, 2.45) is 10.7 Å². The summed E-state index contributed by atoms with van der Waals surface area (Å²) < 4.78 is 1.73. The van der Waals surface area contributed by atoms with E-state index in [1.165, 1.54) is 0 Å². The third kappa shape index (κ3) is 1.48. The number of aliphatic imine (C=N–C) groups is 1. The lowest BCUT2D eigenvalue weighted by Crippen LogP contribution is -2.53. The zero-order valence-electron chi connectivity index (χ0n) is 10.9. The topological polar surface area (TPSA) is 73.3 Å². The van der Waals surface area contributed by atoms with E-state index >= 15 is 0 Å². The van der Waals surface area contributed by atoms with Crippen LogP contribution >= 0.6 is 11.6 Å². The van der Waals surface area contributed by atoms with Gasteiger partial charge in [0.1, 0.15) is 12.7 Å². The van der Waals surface area contributed by atoms with Gasteiger partial charge in [-0.3, -0.25) is 4.57 Å². The molecule has 2 N–H and O–H groups in total. The van der Waals surface area contributed by atoms with Crippen LogP contribution in [0.25, 0.3) is 5.69 Å². The van der Waals surface area contributed by atoms with Crippen LogP contribution in [0.2, 0.25) is 5.02 Å². The fraction of sp³-hybridized carbons (Fsp3) is 0.0714. The second kappa shape index (κ2) is 4.03. The Morgan fingerprint density at radius 2 is 2.29 bits per heavy atom. The maximum Gasteiger partial charge on any atom is 0.425 e. The molecule has 2 aliphatic rings. The van der Waals surface area contributed by atoms with Crippen molar-refractivity contribution in [1.29, 1.82) is 0 Å². The third-order valence-electron chi connectivity index (χ3n) is 3.88. The van der Waals surface area contributed by atoms with Crippen LogP contribution in [0.15, 0.2) is 48.1 Å². The molecule has 0 fully saturated rings. The molecule has 6 nitrogen and oxygen atoms in total. The molecule has 2 aliphatic heterocycles. The van der Waals surface area contributed by atoms with Crippen LogP contribution in [-0.4, -0.2) is 25.9 Å². The molecule has 4 rings (SSSR count). The van der Waals surface area contributed by atoms with Gasteiger partial charge in [-0.25, -0.2) is 9.78 Å². The first-order chi connectivity index (χ1) is 10.1. The summed E-state index contributed by atoms with van der Waals surface area (Å²) in [5.74, 6) is 0.587. The number of hydrogen-bond donors (Lipinski definition) is 1. The number of carbonyl (C=O) groups is 1. The number of hydrogen-bond acceptors (Lipinski definition) is 3. The van der Waals surface area contributed by atoms with Crippen LogP contribution in [0.3, 0.4) is 0 Å². The molecule has 0 aliphatic carbocycles. The van der Waals surface area contributed by atoms with Gasteiger partial charge in [0.15, 0.2) is 0 Å². The molecule has 3 heterocycles. The first-order valence-corrected chi connectivity index (χ1v) is 6.75. The Bertz CT molecular complexity index is 838. The van der Waals surface area contributed by atoms with Crippen molar-refractivity contribution in [1.82, 2.24) is 9.55 Å². The van der Waals surface area contributed by atoms with Gasteiger partial charge in [-0.1, -0.05) is 17.7 Å². The van der Waals surface area contributed by atoms with Crippen LogP contribution in [0.1, 0.15) is 11.3 Å². The van der Waals surface area contributed by atoms with Crippen molar-refractivity contribution in [3.8, 4) is 5.69 Å². The summed E-state index contributed by atoms with van der Waals surface area (Å²) in [6, 6.07) is 5.04. The zero-order chi connectivity index (χ0) is 14.6. The molecule has 1 unspecified atom stereocenters. The molecular weight excluding hydrogens is 290 g/mol. The molecule has 0 spiro atoms. The van der Waals surface area contributed by atoms with E-state index in [1.54, 1.807) is 31.0 Å². The number of fused-ring (bicyclic) bond motifs is 5. The lowest BCUT2D eigenvalue weighted by molar-refractivity contribution is -0.711. The molecule has 104 valence electrons. The van der Waals surface area contributed by atoms with Gasteiger partial charge < -0.3 is 5.73 Å². The molecule has 2 aromatic rings. The summed E-state index contributed by atoms with van der Waals surface area (Å²) in [6.07, 6.45) is 6.71. The second-order valence-corrected chi connectivity index (χ2v) is 5.41. The Labute approximate surface area is 125 Å². The van der Waals surface area contributed by atoms with E-state index in [0.29, 0.717) is 17.4 Å². The third-order valence-corrected chi connectivity index (χ3v) is 4.19. The normalized spacial score (nSPS) is 22.0. The Morgan fingerprint density at radius 3 is 3.10 bits per heavy atom. The highest BCUT2D eigenvalue weighted by molar-refractivity contribution is 6.33. The first-order valence-electron chi connectivity index (χ1n) is 6.38. The highest BCUT2D eigenvalue weighted by atomic mass is 35.5. The van der Waals surface area contributed by atoms with Crippen molar-refractivity contribution in [3.63, 3.8) is 0 Å². The van der Waals surface area contributed by atoms with Gasteiger partial charge in [0.05, 0.1) is 40.7 Å². The van der Waals surface area contributed by atoms with E-state index in [0.717, 1.165) is 16.9 Å². The number of benzene rings is 1. The molecular formula is C14H11ClN5O+. The lowest BCUT2D eigenvalue weighted by atomic mass is 10.1. The van der Waals surface area contributed by atoms with Crippen molar-refractivity contribution >= 4 is 23.5 Å². The molecule has 1 atom stereocenters. The lowest BCUT2D eigenvalue weighted by Gasteiger charge is -2.25. The van der Waals surface area contributed by atoms with Crippen molar-refractivity contribution < 1.29 is 9.28 Å². The number of rotatable bonds is 0. The van der Waals surface area contributed by atoms with Gasteiger partial charge in [-0.2, -0.15) is 9.48 Å². The van der Waals surface area contributed by atoms with E-state index in [-0.39, 0.29) is 4.48 Å². The predicted molar refractivity (Wildman–Crippen MR) is 77.8 cm³/mol. The van der Waals surface area contributed by atoms with Gasteiger partial charge in [-0.15, -0.1) is 0 Å². The number of quaternary nitrogens is 1. The number of carbonyl (C=O) groups excluding carboxylic acids is 1. The summed E-state index contributed by atoms with van der Waals surface area (Å²) in [5.41, 5.74) is 8.07. The van der Waals surface area contributed by atoms with Crippen molar-refractivity contribution in [2.75, 3.05) is 0 Å². The monoisotopic (exact) mass is 300 g/mol. The largest absolute Gasteiger partial charge is 0.425 e. The molecule has 21 heavy (non-hydrogen) atoms. The quantitative estimate of drug-likeness (QED) is 0.757. The van der Waals surface area contributed by atoms with Crippen molar-refractivity contribution in [3.05, 3.63) is 59.4 Å². The Kier molecular flexibility index (Phi) is 2.36. The van der Waals surface area contributed by atoms with Gasteiger partial charge >= 0.3 is 6.03 Å². The summed E-state index contributed by atoms with van der Waals surface area (Å²) in [7, 11) is 0. The van der Waals surface area contributed by atoms with Gasteiger partial charge in [0, 0.05) is 0 Å². The molecule has 0 bridgehead atoms. The Morgan fingerprint density at radius 1 is 1.43 bits per heavy atom. The van der Waals surface area contributed by atoms with E-state index < -0.39 is 6.03 Å². The summed E-state index contributed by atoms with van der Waals surface area (Å²) in [6.45, 7) is 0.357. The zero-order valence-corrected chi connectivity index (χ0v) is 11.7. The average Bonchev–Trinajstić information content (AvgIpc) is 3.05. The number of amides is 2. The van der Waals surface area contributed by atoms with Crippen molar-refractivity contribution in [2.45, 2.75) is 6.54 Å². The molecule has 2 amide bonds. The Balaban J connectivity index is 2.12. The maximum absolute atomic E-state index is 12.1. The smallest absolute Gasteiger partial charge is 0.318 e. The van der Waals surface area contributed by atoms with E-state index in [9.17, 15) is 4.79 Å². The fourth-order valence-electron chi connectivity index (χ4n) is 2.90. The summed E-state index contributed by atoms with van der Waals surface area (Å²) in [4.78, 5) is 20.7. The number of aromatic nitrogens is 2. The predicted octanol–water partition coefficient (Wildman–Crippen LogP) is 2.17. The minimum Gasteiger partial charge on any atom is -0.318 e. The summed E-state index contributed by atoms with van der Waals surface area (Å²) >= 11 is 6.37. The Hall–Kier alpha value is -2.44. The minimum absolute atomic E-state index is 0.154. The average molecular weight is 301 g/mol. The van der Waals surface area contributed by atoms with E-state index in [4.69, 9.17) is 17.3 Å². The molecule has 0 saturated heterocycles. The molecule has 1 aromatic carbocycles. The number of halogens is 1. The van der Waals surface area contributed by atoms with Crippen LogP contribution in [-0.2, 0) is 6.54 Å². The first kappa shape index (κ1) is 12.3. The van der Waals surface area contributed by atoms with Crippen LogP contribution in [0, 0.1) is 0 Å². The highest BCUT2D eigenvalue weighted by Crippen LogP contribution is 2.36. The number of nitrogens with zero attached hydrogens (tertiary/aromatic N) is 4. The van der Waals surface area contributed by atoms with Crippen LogP contribution < -0.4 is 5.73 Å². The van der Waals surface area contributed by atoms with E-state index in [1.807, 2.05) is 16.7 Å². The standard InChI is InChI=1S/C14H10ClN5O/c15-11-3-1-2-10-12(11)19-8-17-6-9(19)7-20(14(16)21)5-4-18-13(10)20/h1-6,8H,7H2,(H-,16,21)/p+1. The number of para-hydroxylation sites is 1. The molecule has 0 saturated carbocycles. The van der Waals surface area contributed by atoms with Crippen LogP contribution in [0.4, 0.5) is 4.79 Å². The van der Waals surface area contributed by atoms with Gasteiger partial charge in [0.25, 0.3) is 5.84 Å². The van der Waals surface area contributed by atoms with Gasteiger partial charge in [0.2, 0.25) is 0 Å². The van der Waals surface area contributed by atoms with Gasteiger partial charge in [-0.05, 0) is 12.1 Å². The number of amidine groups is 1. The number of urea groups is 1. The van der Waals surface area contributed by atoms with E-state index in [2.05, 4.69) is 9.98 Å². The number of primary amides is 1. The second-order valence-electron chi connectivity index (χ2n) is 5.01. The highest BCUT2D eigenvalue weighted by Gasteiger charge is 2.47. The number of imidazole rings is 1. The molecule has 0 radical (unpaired) electrons. The van der Waals surface area contributed by atoms with Crippen LogP contribution in [0.5, 0.6) is 0 Å². The summed E-state index contributed by atoms with van der Waals surface area (Å²) in [5, 5.41) is 0.575. The number of nitrogens with two attached hydrogens (primary N) is 1. The fourth-order valence-corrected chi connectivity index (χ4v) is 3.16. The maximum atomic E-state index is 12.1. The molecule has 7 heteroatoms.